The van der Waals surface area contributed by atoms with E-state index in [9.17, 15) is 0 Å². The predicted molar refractivity (Wildman–Crippen MR) is 80.3 cm³/mol. The molecular formula is C14H19BrN4. The average Bonchev–Trinajstić information content (AvgIpc) is 2.68. The number of fused-ring (bicyclic) bond motifs is 1. The largest absolute Gasteiger partial charge is 0.350 e. The van der Waals surface area contributed by atoms with Crippen LogP contribution < -0.4 is 5.32 Å². The summed E-state index contributed by atoms with van der Waals surface area (Å²) in [6.07, 6.45) is 6.92. The Kier molecular flexibility index (Phi) is 3.25. The number of halogens is 1. The van der Waals surface area contributed by atoms with E-state index in [4.69, 9.17) is 0 Å². The van der Waals surface area contributed by atoms with Crippen LogP contribution >= 0.6 is 15.9 Å². The van der Waals surface area contributed by atoms with Crippen molar-refractivity contribution in [3.05, 3.63) is 22.8 Å². The van der Waals surface area contributed by atoms with E-state index in [1.54, 1.807) is 4.52 Å². The lowest BCUT2D eigenvalue weighted by Gasteiger charge is -2.35. The van der Waals surface area contributed by atoms with E-state index in [1.807, 2.05) is 18.3 Å². The second-order valence-corrected chi connectivity index (χ2v) is 7.10. The Balaban J connectivity index is 1.77. The van der Waals surface area contributed by atoms with Crippen LogP contribution in [0.2, 0.25) is 0 Å². The Morgan fingerprint density at radius 3 is 3.05 bits per heavy atom. The number of hydrogen-bond acceptors (Lipinski definition) is 3. The van der Waals surface area contributed by atoms with Gasteiger partial charge in [0, 0.05) is 16.7 Å². The normalized spacial score (nSPS) is 22.6. The molecule has 2 aromatic rings. The van der Waals surface area contributed by atoms with Gasteiger partial charge in [-0.25, -0.2) is 4.52 Å². The first-order chi connectivity index (χ1) is 9.02. The van der Waals surface area contributed by atoms with Crippen LogP contribution in [0.4, 0.5) is 5.95 Å². The molecule has 0 saturated heterocycles. The molecule has 1 unspecified atom stereocenters. The summed E-state index contributed by atoms with van der Waals surface area (Å²) in [4.78, 5) is 4.52. The molecule has 1 aliphatic carbocycles. The summed E-state index contributed by atoms with van der Waals surface area (Å²) in [5.41, 5.74) is 1.30. The maximum absolute atomic E-state index is 4.52. The Morgan fingerprint density at radius 1 is 1.42 bits per heavy atom. The summed E-state index contributed by atoms with van der Waals surface area (Å²) < 4.78 is 2.82. The van der Waals surface area contributed by atoms with Gasteiger partial charge in [-0.05, 0) is 52.7 Å². The fraction of sp³-hybridized carbons (Fsp3) is 0.571. The van der Waals surface area contributed by atoms with E-state index in [0.717, 1.165) is 16.1 Å². The number of nitrogens with one attached hydrogen (secondary N) is 1. The molecule has 4 nitrogen and oxygen atoms in total. The smallest absolute Gasteiger partial charge is 0.243 e. The second kappa shape index (κ2) is 4.78. The summed E-state index contributed by atoms with van der Waals surface area (Å²) in [5.74, 6) is 0.737. The highest BCUT2D eigenvalue weighted by Gasteiger charge is 2.28. The Morgan fingerprint density at radius 2 is 2.26 bits per heavy atom. The third kappa shape index (κ3) is 2.91. The fourth-order valence-corrected chi connectivity index (χ4v) is 3.25. The fourth-order valence-electron chi connectivity index (χ4n) is 2.92. The van der Waals surface area contributed by atoms with Gasteiger partial charge in [0.1, 0.15) is 0 Å². The van der Waals surface area contributed by atoms with Crippen LogP contribution in [0.1, 0.15) is 39.5 Å². The van der Waals surface area contributed by atoms with Crippen LogP contribution in [-0.4, -0.2) is 20.6 Å². The van der Waals surface area contributed by atoms with Crippen molar-refractivity contribution >= 4 is 27.5 Å². The standard InChI is InChI=1S/C14H19BrN4/c1-14(2)7-3-4-11(8-14)16-13-17-12-6-5-10(15)9-19(12)18-13/h5-6,9,11H,3-4,7-8H2,1-2H3,(H,16,18). The molecule has 102 valence electrons. The van der Waals surface area contributed by atoms with Gasteiger partial charge in [-0.2, -0.15) is 4.98 Å². The second-order valence-electron chi connectivity index (χ2n) is 6.19. The molecule has 1 atom stereocenters. The molecule has 1 N–H and O–H groups in total. The lowest BCUT2D eigenvalue weighted by atomic mass is 9.75. The van der Waals surface area contributed by atoms with Crippen molar-refractivity contribution in [1.29, 1.82) is 0 Å². The molecule has 5 heteroatoms. The predicted octanol–water partition coefficient (Wildman–Crippen LogP) is 3.87. The quantitative estimate of drug-likeness (QED) is 0.912. The van der Waals surface area contributed by atoms with Gasteiger partial charge < -0.3 is 5.32 Å². The molecule has 3 rings (SSSR count). The summed E-state index contributed by atoms with van der Waals surface area (Å²) in [6, 6.07) is 4.44. The third-order valence-corrected chi connectivity index (χ3v) is 4.30. The van der Waals surface area contributed by atoms with Crippen molar-refractivity contribution in [1.82, 2.24) is 14.6 Å². The molecule has 0 bridgehead atoms. The van der Waals surface area contributed by atoms with Gasteiger partial charge >= 0.3 is 0 Å². The van der Waals surface area contributed by atoms with Crippen molar-refractivity contribution in [2.45, 2.75) is 45.6 Å². The first-order valence-corrected chi connectivity index (χ1v) is 7.60. The highest BCUT2D eigenvalue weighted by molar-refractivity contribution is 9.10. The molecule has 1 aliphatic rings. The maximum atomic E-state index is 4.52. The van der Waals surface area contributed by atoms with E-state index in [1.165, 1.54) is 25.7 Å². The number of aromatic nitrogens is 3. The Bertz CT molecular complexity index is 590. The van der Waals surface area contributed by atoms with Gasteiger partial charge in [-0.3, -0.25) is 0 Å². The Labute approximate surface area is 121 Å². The van der Waals surface area contributed by atoms with Crippen LogP contribution in [0, 0.1) is 5.41 Å². The zero-order valence-corrected chi connectivity index (χ0v) is 12.9. The summed E-state index contributed by atoms with van der Waals surface area (Å²) >= 11 is 3.45. The molecule has 0 radical (unpaired) electrons. The monoisotopic (exact) mass is 322 g/mol. The SMILES string of the molecule is CC1(C)CCCC(Nc2nc3ccc(Br)cn3n2)C1. The van der Waals surface area contributed by atoms with E-state index in [0.29, 0.717) is 11.5 Å². The minimum Gasteiger partial charge on any atom is -0.350 e. The van der Waals surface area contributed by atoms with E-state index in [-0.39, 0.29) is 0 Å². The third-order valence-electron chi connectivity index (χ3n) is 3.83. The van der Waals surface area contributed by atoms with Gasteiger partial charge in [0.15, 0.2) is 5.65 Å². The molecule has 0 aliphatic heterocycles. The van der Waals surface area contributed by atoms with Crippen LogP contribution in [0.25, 0.3) is 5.65 Å². The van der Waals surface area contributed by atoms with Crippen LogP contribution in [0.5, 0.6) is 0 Å². The minimum absolute atomic E-state index is 0.429. The lowest BCUT2D eigenvalue weighted by molar-refractivity contribution is 0.229. The number of rotatable bonds is 2. The van der Waals surface area contributed by atoms with Crippen LogP contribution in [0.15, 0.2) is 22.8 Å². The van der Waals surface area contributed by atoms with E-state index < -0.39 is 0 Å². The lowest BCUT2D eigenvalue weighted by Crippen LogP contribution is -2.32. The highest BCUT2D eigenvalue weighted by atomic mass is 79.9. The van der Waals surface area contributed by atoms with Gasteiger partial charge in [0.05, 0.1) is 0 Å². The van der Waals surface area contributed by atoms with E-state index >= 15 is 0 Å². The number of hydrogen-bond donors (Lipinski definition) is 1. The highest BCUT2D eigenvalue weighted by Crippen LogP contribution is 2.36. The number of anilines is 1. The molecule has 2 aromatic heterocycles. The topological polar surface area (TPSA) is 42.2 Å². The van der Waals surface area contributed by atoms with Crippen molar-refractivity contribution < 1.29 is 0 Å². The van der Waals surface area contributed by atoms with Crippen LogP contribution in [-0.2, 0) is 0 Å². The van der Waals surface area contributed by atoms with Crippen molar-refractivity contribution in [2.75, 3.05) is 5.32 Å². The molecular weight excluding hydrogens is 304 g/mol. The van der Waals surface area contributed by atoms with E-state index in [2.05, 4.69) is 45.2 Å². The maximum Gasteiger partial charge on any atom is 0.243 e. The van der Waals surface area contributed by atoms with Crippen molar-refractivity contribution in [2.24, 2.45) is 5.41 Å². The zero-order valence-electron chi connectivity index (χ0n) is 11.4. The first kappa shape index (κ1) is 12.9. The molecule has 1 saturated carbocycles. The zero-order chi connectivity index (χ0) is 13.5. The minimum atomic E-state index is 0.429. The first-order valence-electron chi connectivity index (χ1n) is 6.80. The summed E-state index contributed by atoms with van der Waals surface area (Å²) in [6.45, 7) is 4.68. The molecule has 2 heterocycles. The average molecular weight is 323 g/mol. The molecule has 0 spiro atoms. The molecule has 1 fully saturated rings. The van der Waals surface area contributed by atoms with Crippen molar-refractivity contribution in [3.63, 3.8) is 0 Å². The van der Waals surface area contributed by atoms with Gasteiger partial charge in [0.2, 0.25) is 5.95 Å². The summed E-state index contributed by atoms with van der Waals surface area (Å²) in [5, 5.41) is 7.97. The molecule has 0 amide bonds. The van der Waals surface area contributed by atoms with Crippen LogP contribution in [0.3, 0.4) is 0 Å². The number of pyridine rings is 1. The van der Waals surface area contributed by atoms with Gasteiger partial charge in [-0.1, -0.05) is 20.3 Å². The van der Waals surface area contributed by atoms with Gasteiger partial charge in [-0.15, -0.1) is 5.10 Å². The molecule has 0 aromatic carbocycles. The Hall–Kier alpha value is -1.10. The van der Waals surface area contributed by atoms with Crippen molar-refractivity contribution in [3.8, 4) is 0 Å². The van der Waals surface area contributed by atoms with Gasteiger partial charge in [0.25, 0.3) is 0 Å². The molecule has 19 heavy (non-hydrogen) atoms. The summed E-state index contributed by atoms with van der Waals surface area (Å²) in [7, 11) is 0. The number of nitrogens with zero attached hydrogens (tertiary/aromatic N) is 3.